The van der Waals surface area contributed by atoms with Crippen molar-refractivity contribution in [1.82, 2.24) is 0 Å². The van der Waals surface area contributed by atoms with Gasteiger partial charge in [-0.3, -0.25) is 0 Å². The molecule has 4 aromatic rings. The Morgan fingerprint density at radius 3 is 1.07 bits per heavy atom. The first-order valence-electron chi connectivity index (χ1n) is 15.9. The van der Waals surface area contributed by atoms with Crippen LogP contribution in [0, 0.1) is 0 Å². The fourth-order valence-electron chi connectivity index (χ4n) is 5.40. The largest absolute Gasteiger partial charge is 2.00 e. The number of hydrogen-bond donors (Lipinski definition) is 0. The molecule has 0 saturated carbocycles. The molecule has 0 atom stereocenters. The van der Waals surface area contributed by atoms with Gasteiger partial charge in [0.05, 0.1) is 9.79 Å². The van der Waals surface area contributed by atoms with E-state index in [2.05, 4.69) is 27.7 Å². The molecule has 0 aliphatic rings. The van der Waals surface area contributed by atoms with E-state index < -0.39 is 20.2 Å². The zero-order chi connectivity index (χ0) is 32.3. The smallest absolute Gasteiger partial charge is 0.744 e. The third-order valence-electron chi connectivity index (χ3n) is 7.90. The van der Waals surface area contributed by atoms with Crippen molar-refractivity contribution < 1.29 is 25.9 Å². The molecule has 45 heavy (non-hydrogen) atoms. The Bertz CT molecular complexity index is 1630. The summed E-state index contributed by atoms with van der Waals surface area (Å²) in [6.45, 7) is 8.42. The van der Waals surface area contributed by atoms with E-state index in [0.29, 0.717) is 10.8 Å². The summed E-state index contributed by atoms with van der Waals surface area (Å²) in [6.07, 6.45) is 11.7. The van der Waals surface area contributed by atoms with Crippen molar-refractivity contribution in [3.63, 3.8) is 0 Å². The minimum absolute atomic E-state index is 0. The summed E-state index contributed by atoms with van der Waals surface area (Å²) in [6, 6.07) is 18.8. The van der Waals surface area contributed by atoms with Crippen LogP contribution in [0.3, 0.4) is 0 Å². The van der Waals surface area contributed by atoms with Gasteiger partial charge in [-0.2, -0.15) is 0 Å². The van der Waals surface area contributed by atoms with Crippen LogP contribution in [-0.4, -0.2) is 63.7 Å². The summed E-state index contributed by atoms with van der Waals surface area (Å²) in [5.41, 5.74) is 4.01. The van der Waals surface area contributed by atoms with Crippen LogP contribution in [0.15, 0.2) is 70.5 Å². The molecule has 0 radical (unpaired) electrons. The second kappa shape index (κ2) is 18.7. The van der Waals surface area contributed by atoms with E-state index in [0.717, 1.165) is 110 Å². The zero-order valence-corrected chi connectivity index (χ0v) is 31.1. The number of hydrogen-bond acceptors (Lipinski definition) is 6. The van der Waals surface area contributed by atoms with Gasteiger partial charge in [0, 0.05) is 0 Å². The van der Waals surface area contributed by atoms with Gasteiger partial charge in [-0.1, -0.05) is 89.8 Å². The van der Waals surface area contributed by atoms with Crippen molar-refractivity contribution in [2.75, 3.05) is 0 Å². The molecule has 9 heteroatoms. The normalized spacial score (nSPS) is 11.7. The molecule has 4 aromatic carbocycles. The Kier molecular flexibility index (Phi) is 16.5. The van der Waals surface area contributed by atoms with Crippen LogP contribution in [0.2, 0.25) is 0 Å². The summed E-state index contributed by atoms with van der Waals surface area (Å²) >= 11 is 0. The van der Waals surface area contributed by atoms with E-state index in [1.165, 1.54) is 0 Å². The molecule has 4 rings (SSSR count). The van der Waals surface area contributed by atoms with Gasteiger partial charge in [0.2, 0.25) is 0 Å². The molecular formula is C36H46CaO6S2. The molecular weight excluding hydrogens is 633 g/mol. The number of fused-ring (bicyclic) bond motifs is 2. The van der Waals surface area contributed by atoms with Gasteiger partial charge >= 0.3 is 37.7 Å². The number of unbranched alkanes of at least 4 members (excludes halogenated alkanes) is 4. The SMILES string of the molecule is CCCCc1cc(S(=O)(=O)[O-])c2cc(CCCC)ccc2c1.CCCCc1cc(S(=O)(=O)[O-])c2cc(CCCC)ccc2c1.[Ca+2]. The topological polar surface area (TPSA) is 114 Å². The summed E-state index contributed by atoms with van der Waals surface area (Å²) in [7, 11) is -8.93. The molecule has 0 bridgehead atoms. The van der Waals surface area contributed by atoms with Gasteiger partial charge in [-0.05, 0) is 119 Å². The van der Waals surface area contributed by atoms with Crippen molar-refractivity contribution in [3.05, 3.63) is 82.9 Å². The minimum atomic E-state index is -4.46. The second-order valence-electron chi connectivity index (χ2n) is 11.6. The van der Waals surface area contributed by atoms with Crippen LogP contribution in [-0.2, 0) is 45.9 Å². The van der Waals surface area contributed by atoms with Crippen LogP contribution in [0.25, 0.3) is 21.5 Å². The van der Waals surface area contributed by atoms with E-state index in [1.807, 2.05) is 48.5 Å². The first-order valence-corrected chi connectivity index (χ1v) is 18.8. The number of aryl methyl sites for hydroxylation is 4. The van der Waals surface area contributed by atoms with Crippen LogP contribution < -0.4 is 0 Å². The monoisotopic (exact) mass is 678 g/mol. The fourth-order valence-corrected chi connectivity index (χ4v) is 6.88. The Morgan fingerprint density at radius 1 is 0.467 bits per heavy atom. The van der Waals surface area contributed by atoms with Crippen LogP contribution in [0.4, 0.5) is 0 Å². The zero-order valence-electron chi connectivity index (χ0n) is 27.2. The van der Waals surface area contributed by atoms with E-state index in [4.69, 9.17) is 0 Å². The Hall–Kier alpha value is -1.52. The van der Waals surface area contributed by atoms with Crippen LogP contribution in [0.1, 0.15) is 101 Å². The van der Waals surface area contributed by atoms with Crippen molar-refractivity contribution in [3.8, 4) is 0 Å². The van der Waals surface area contributed by atoms with Gasteiger partial charge in [0.1, 0.15) is 20.2 Å². The van der Waals surface area contributed by atoms with Gasteiger partial charge in [0.15, 0.2) is 0 Å². The van der Waals surface area contributed by atoms with E-state index in [1.54, 1.807) is 12.1 Å². The van der Waals surface area contributed by atoms with Crippen molar-refractivity contribution >= 4 is 79.5 Å². The predicted octanol–water partition coefficient (Wildman–Crippen LogP) is 8.48. The summed E-state index contributed by atoms with van der Waals surface area (Å²) in [5.74, 6) is 0. The van der Waals surface area contributed by atoms with Crippen LogP contribution >= 0.6 is 0 Å². The Labute approximate surface area is 300 Å². The van der Waals surface area contributed by atoms with Crippen LogP contribution in [0.5, 0.6) is 0 Å². The number of rotatable bonds is 14. The van der Waals surface area contributed by atoms with Gasteiger partial charge in [-0.25, -0.2) is 16.8 Å². The van der Waals surface area contributed by atoms with Gasteiger partial charge < -0.3 is 9.11 Å². The van der Waals surface area contributed by atoms with Crippen molar-refractivity contribution in [2.45, 2.75) is 115 Å². The van der Waals surface area contributed by atoms with Crippen molar-refractivity contribution in [1.29, 1.82) is 0 Å². The summed E-state index contributed by atoms with van der Waals surface area (Å²) in [4.78, 5) is -0.149. The molecule has 0 spiro atoms. The maximum atomic E-state index is 11.6. The average molecular weight is 679 g/mol. The average Bonchev–Trinajstić information content (AvgIpc) is 2.99. The molecule has 0 aliphatic heterocycles. The molecule has 0 aliphatic carbocycles. The minimum Gasteiger partial charge on any atom is -0.744 e. The Morgan fingerprint density at radius 2 is 0.778 bits per heavy atom. The summed E-state index contributed by atoms with van der Waals surface area (Å²) < 4.78 is 69.9. The maximum Gasteiger partial charge on any atom is 2.00 e. The molecule has 240 valence electrons. The van der Waals surface area contributed by atoms with Crippen molar-refractivity contribution in [2.24, 2.45) is 0 Å². The first-order chi connectivity index (χ1) is 20.9. The molecule has 0 N–H and O–H groups in total. The first kappa shape index (κ1) is 39.7. The fraction of sp³-hybridized carbons (Fsp3) is 0.444. The third-order valence-corrected chi connectivity index (χ3v) is 9.65. The number of benzene rings is 4. The molecule has 0 fully saturated rings. The van der Waals surface area contributed by atoms with Gasteiger partial charge in [0.25, 0.3) is 0 Å². The quantitative estimate of drug-likeness (QED) is 0.0976. The van der Waals surface area contributed by atoms with E-state index >= 15 is 0 Å². The molecule has 0 amide bonds. The molecule has 0 heterocycles. The molecule has 0 saturated heterocycles. The molecule has 0 unspecified atom stereocenters. The second-order valence-corrected chi connectivity index (χ2v) is 14.3. The maximum absolute atomic E-state index is 11.6. The van der Waals surface area contributed by atoms with E-state index in [9.17, 15) is 25.9 Å². The van der Waals surface area contributed by atoms with Gasteiger partial charge in [-0.15, -0.1) is 0 Å². The predicted molar refractivity (Wildman–Crippen MR) is 184 cm³/mol. The standard InChI is InChI=1S/2C18H24O3S.Ca/c2*1-3-5-7-14-9-10-16-11-15(8-6-4-2)13-18(17(16)12-14)22(19,20)21;/h2*9-13H,3-8H2,1-2H3,(H,19,20,21);/q;;+2/p-2. The van der Waals surface area contributed by atoms with E-state index in [-0.39, 0.29) is 47.5 Å². The Balaban J connectivity index is 0.000000307. The molecule has 6 nitrogen and oxygen atoms in total. The summed E-state index contributed by atoms with van der Waals surface area (Å²) in [5, 5.41) is 2.79. The molecule has 0 aromatic heterocycles. The third kappa shape index (κ3) is 11.9.